The second-order valence-electron chi connectivity index (χ2n) is 4.14. The van der Waals surface area contributed by atoms with Crippen molar-refractivity contribution < 1.29 is 14.7 Å². The Morgan fingerprint density at radius 2 is 2.00 bits per heavy atom. The van der Waals surface area contributed by atoms with Crippen molar-refractivity contribution >= 4 is 18.4 Å². The summed E-state index contributed by atoms with van der Waals surface area (Å²) in [6.07, 6.45) is 5.21. The smallest absolute Gasteiger partial charge is 0.150 e. The molecule has 1 aliphatic carbocycles. The number of aliphatic hydroxyl groups excluding tert-OH is 1. The van der Waals surface area contributed by atoms with Gasteiger partial charge < -0.3 is 15.2 Å². The number of carbonyl (C=O) groups is 2. The fraction of sp³-hybridized carbons (Fsp3) is 0.500. The number of aryl methyl sites for hydroxylation is 1. The Hall–Kier alpha value is -1.75. The maximum Gasteiger partial charge on any atom is 0.150 e. The number of pyridine rings is 1. The van der Waals surface area contributed by atoms with E-state index in [4.69, 9.17) is 5.11 Å². The number of rotatable bonds is 4. The topological polar surface area (TPSA) is 79.3 Å². The molecule has 0 radical (unpaired) electrons. The highest BCUT2D eigenvalue weighted by Gasteiger charge is 2.19. The summed E-state index contributed by atoms with van der Waals surface area (Å²) in [5, 5.41) is 9.87. The Labute approximate surface area is 114 Å². The van der Waals surface area contributed by atoms with E-state index in [1.165, 1.54) is 12.8 Å². The van der Waals surface area contributed by atoms with E-state index >= 15 is 0 Å². The molecule has 0 aromatic carbocycles. The van der Waals surface area contributed by atoms with E-state index in [-0.39, 0.29) is 0 Å². The molecule has 1 heterocycles. The first-order valence-corrected chi connectivity index (χ1v) is 6.19. The number of carbonyl (C=O) groups excluding carboxylic acids is 2. The van der Waals surface area contributed by atoms with Gasteiger partial charge in [0.2, 0.25) is 0 Å². The fourth-order valence-electron chi connectivity index (χ4n) is 1.38. The van der Waals surface area contributed by atoms with Gasteiger partial charge in [0, 0.05) is 31.8 Å². The number of anilines is 1. The third-order valence-corrected chi connectivity index (χ3v) is 2.49. The predicted molar refractivity (Wildman–Crippen MR) is 75.5 cm³/mol. The average molecular weight is 266 g/mol. The summed E-state index contributed by atoms with van der Waals surface area (Å²) in [5.41, 5.74) is 1.50. The Morgan fingerprint density at radius 3 is 2.37 bits per heavy atom. The third kappa shape index (κ3) is 8.05. The van der Waals surface area contributed by atoms with E-state index in [2.05, 4.69) is 10.3 Å². The molecule has 1 fully saturated rings. The van der Waals surface area contributed by atoms with Gasteiger partial charge in [-0.05, 0) is 37.8 Å². The molecule has 1 saturated carbocycles. The van der Waals surface area contributed by atoms with Gasteiger partial charge in [0.1, 0.15) is 18.4 Å². The van der Waals surface area contributed by atoms with Crippen LogP contribution < -0.4 is 5.32 Å². The minimum Gasteiger partial charge on any atom is -0.400 e. The molecule has 0 saturated heterocycles. The number of nitrogens with one attached hydrogen (secondary N) is 1. The van der Waals surface area contributed by atoms with Crippen LogP contribution in [0, 0.1) is 12.8 Å². The van der Waals surface area contributed by atoms with Crippen molar-refractivity contribution in [1.82, 2.24) is 4.98 Å². The van der Waals surface area contributed by atoms with Crippen LogP contribution in [0.15, 0.2) is 12.1 Å². The van der Waals surface area contributed by atoms with Gasteiger partial charge in [-0.2, -0.15) is 0 Å². The monoisotopic (exact) mass is 266 g/mol. The average Bonchev–Trinajstić information content (AvgIpc) is 3.25. The Kier molecular flexibility index (Phi) is 9.26. The summed E-state index contributed by atoms with van der Waals surface area (Å²) in [5.74, 6) is 1.51. The summed E-state index contributed by atoms with van der Waals surface area (Å²) >= 11 is 0. The number of hydrogen-bond donors (Lipinski definition) is 2. The van der Waals surface area contributed by atoms with Gasteiger partial charge >= 0.3 is 0 Å². The van der Waals surface area contributed by atoms with Crippen LogP contribution in [0.5, 0.6) is 0 Å². The lowest BCUT2D eigenvalue weighted by Gasteiger charge is -2.00. The van der Waals surface area contributed by atoms with Gasteiger partial charge in [0.05, 0.1) is 0 Å². The lowest BCUT2D eigenvalue weighted by atomic mass is 10.2. The van der Waals surface area contributed by atoms with E-state index < -0.39 is 0 Å². The number of hydrogen-bond acceptors (Lipinski definition) is 5. The molecule has 5 nitrogen and oxygen atoms in total. The molecule has 1 aromatic rings. The van der Waals surface area contributed by atoms with E-state index in [1.54, 1.807) is 19.2 Å². The molecule has 0 bridgehead atoms. The highest BCUT2D eigenvalue weighted by Crippen LogP contribution is 2.30. The van der Waals surface area contributed by atoms with Crippen molar-refractivity contribution in [2.45, 2.75) is 26.2 Å². The first-order chi connectivity index (χ1) is 9.19. The molecule has 106 valence electrons. The molecule has 0 amide bonds. The SMILES string of the molecule is CNc1cc(C=O)cc(C)n1.CO.O=CCC1CC1. The minimum atomic E-state index is 0.654. The van der Waals surface area contributed by atoms with Gasteiger partial charge in [-0.15, -0.1) is 0 Å². The summed E-state index contributed by atoms with van der Waals surface area (Å²) < 4.78 is 0. The maximum atomic E-state index is 10.4. The zero-order valence-corrected chi connectivity index (χ0v) is 11.7. The maximum absolute atomic E-state index is 10.4. The van der Waals surface area contributed by atoms with Crippen molar-refractivity contribution in [3.63, 3.8) is 0 Å². The second kappa shape index (κ2) is 10.2. The molecule has 0 unspecified atom stereocenters. The molecule has 1 aliphatic rings. The van der Waals surface area contributed by atoms with Crippen molar-refractivity contribution in [2.24, 2.45) is 5.92 Å². The standard InChI is InChI=1S/C8H10N2O.C5H8O.CH4O/c1-6-3-7(5-11)4-8(9-2)10-6;6-4-3-5-1-2-5;1-2/h3-5H,1-2H3,(H,9,10);4-5H,1-3H2;2H,1H3. The van der Waals surface area contributed by atoms with Gasteiger partial charge in [-0.3, -0.25) is 4.79 Å². The van der Waals surface area contributed by atoms with E-state index in [9.17, 15) is 9.59 Å². The van der Waals surface area contributed by atoms with Gasteiger partial charge in [-0.1, -0.05) is 0 Å². The highest BCUT2D eigenvalue weighted by molar-refractivity contribution is 5.76. The molecule has 2 rings (SSSR count). The lowest BCUT2D eigenvalue weighted by Crippen LogP contribution is -1.95. The van der Waals surface area contributed by atoms with Crippen LogP contribution in [0.25, 0.3) is 0 Å². The van der Waals surface area contributed by atoms with E-state index in [1.807, 2.05) is 6.92 Å². The molecule has 0 aliphatic heterocycles. The summed E-state index contributed by atoms with van der Waals surface area (Å²) in [4.78, 5) is 24.2. The van der Waals surface area contributed by atoms with Crippen LogP contribution in [0.2, 0.25) is 0 Å². The number of aliphatic hydroxyl groups is 1. The van der Waals surface area contributed by atoms with Crippen molar-refractivity contribution in [2.75, 3.05) is 19.5 Å². The second-order valence-corrected chi connectivity index (χ2v) is 4.14. The molecule has 0 atom stereocenters. The summed E-state index contributed by atoms with van der Waals surface area (Å²) in [7, 11) is 2.77. The quantitative estimate of drug-likeness (QED) is 0.813. The van der Waals surface area contributed by atoms with Crippen LogP contribution in [0.1, 0.15) is 35.3 Å². The van der Waals surface area contributed by atoms with Crippen LogP contribution in [0.4, 0.5) is 5.82 Å². The first kappa shape index (κ1) is 17.2. The Bertz CT molecular complexity index is 390. The summed E-state index contributed by atoms with van der Waals surface area (Å²) in [6.45, 7) is 1.86. The van der Waals surface area contributed by atoms with Crippen molar-refractivity contribution in [3.05, 3.63) is 23.4 Å². The first-order valence-electron chi connectivity index (χ1n) is 6.19. The van der Waals surface area contributed by atoms with Gasteiger partial charge in [-0.25, -0.2) is 4.98 Å². The lowest BCUT2D eigenvalue weighted by molar-refractivity contribution is -0.108. The normalized spacial score (nSPS) is 12.2. The molecule has 2 N–H and O–H groups in total. The molecular weight excluding hydrogens is 244 g/mol. The van der Waals surface area contributed by atoms with E-state index in [0.29, 0.717) is 5.56 Å². The van der Waals surface area contributed by atoms with Crippen molar-refractivity contribution in [1.29, 1.82) is 0 Å². The number of aldehydes is 2. The van der Waals surface area contributed by atoms with Crippen LogP contribution in [0.3, 0.4) is 0 Å². The Morgan fingerprint density at radius 1 is 1.37 bits per heavy atom. The molecule has 1 aromatic heterocycles. The molecule has 19 heavy (non-hydrogen) atoms. The van der Waals surface area contributed by atoms with Crippen LogP contribution in [-0.2, 0) is 4.79 Å². The molecular formula is C14H22N2O3. The highest BCUT2D eigenvalue weighted by atomic mass is 16.2. The van der Waals surface area contributed by atoms with E-state index in [0.717, 1.165) is 43.5 Å². The largest absolute Gasteiger partial charge is 0.400 e. The fourth-order valence-corrected chi connectivity index (χ4v) is 1.38. The minimum absolute atomic E-state index is 0.654. The molecule has 5 heteroatoms. The van der Waals surface area contributed by atoms with Crippen molar-refractivity contribution in [3.8, 4) is 0 Å². The zero-order valence-electron chi connectivity index (χ0n) is 11.7. The molecule has 0 spiro atoms. The van der Waals surface area contributed by atoms with Crippen LogP contribution >= 0.6 is 0 Å². The number of aromatic nitrogens is 1. The zero-order chi connectivity index (χ0) is 14.7. The van der Waals surface area contributed by atoms with Gasteiger partial charge in [0.15, 0.2) is 0 Å². The number of nitrogens with zero attached hydrogens (tertiary/aromatic N) is 1. The van der Waals surface area contributed by atoms with Crippen LogP contribution in [-0.4, -0.2) is 36.8 Å². The third-order valence-electron chi connectivity index (χ3n) is 2.49. The Balaban J connectivity index is 0.000000341. The van der Waals surface area contributed by atoms with Gasteiger partial charge in [0.25, 0.3) is 0 Å². The summed E-state index contributed by atoms with van der Waals surface area (Å²) in [6, 6.07) is 3.45. The predicted octanol–water partition coefficient (Wildman–Crippen LogP) is 1.84.